The van der Waals surface area contributed by atoms with Crippen LogP contribution in [0, 0.1) is 0 Å². The third-order valence-corrected chi connectivity index (χ3v) is 13.5. The molecule has 0 spiro atoms. The van der Waals surface area contributed by atoms with Crippen molar-refractivity contribution < 1.29 is 0 Å². The van der Waals surface area contributed by atoms with Crippen LogP contribution in [-0.2, 0) is 16.2 Å². The van der Waals surface area contributed by atoms with Crippen LogP contribution >= 0.6 is 0 Å². The van der Waals surface area contributed by atoms with E-state index in [1.165, 1.54) is 83.1 Å². The van der Waals surface area contributed by atoms with E-state index in [1.54, 1.807) is 0 Å². The van der Waals surface area contributed by atoms with Gasteiger partial charge in [-0.25, -0.2) is 0 Å². The highest BCUT2D eigenvalue weighted by molar-refractivity contribution is 6.09. The molecule has 0 saturated heterocycles. The van der Waals surface area contributed by atoms with Crippen molar-refractivity contribution in [1.29, 1.82) is 0 Å². The number of hydrogen-bond acceptors (Lipinski definition) is 1. The van der Waals surface area contributed by atoms with Crippen molar-refractivity contribution in [3.8, 4) is 44.5 Å². The Balaban J connectivity index is 1.24. The second kappa shape index (κ2) is 15.4. The molecule has 1 heteroatoms. The fourth-order valence-electron chi connectivity index (χ4n) is 9.98. The summed E-state index contributed by atoms with van der Waals surface area (Å²) in [4.78, 5) is 2.52. The van der Waals surface area contributed by atoms with Crippen LogP contribution in [0.5, 0.6) is 0 Å². The maximum absolute atomic E-state index is 2.52. The molecule has 1 aliphatic rings. The van der Waals surface area contributed by atoms with Crippen LogP contribution in [0.4, 0.5) is 17.1 Å². The SMILES string of the molecule is CC(C)(C)c1cc(-c2cccc3cccc(-c4ccccc4N(c4ccc(-c5ccccc5)cc4)c4cccc5c4-c4ccccc4C5(C)c4ccccc4)c23)cc(C(C)(C)C)c1. The molecule has 1 nitrogen and oxygen atoms in total. The summed E-state index contributed by atoms with van der Waals surface area (Å²) in [5.74, 6) is 0. The molecule has 0 N–H and O–H groups in total. The van der Waals surface area contributed by atoms with Gasteiger partial charge in [-0.15, -0.1) is 0 Å². The quantitative estimate of drug-likeness (QED) is 0.155. The van der Waals surface area contributed by atoms with Crippen LogP contribution in [-0.4, -0.2) is 0 Å². The van der Waals surface area contributed by atoms with E-state index in [0.717, 1.165) is 17.1 Å². The number of nitrogens with zero attached hydrogens (tertiary/aromatic N) is 1. The first-order chi connectivity index (χ1) is 30.4. The van der Waals surface area contributed by atoms with Crippen LogP contribution in [0.1, 0.15) is 76.3 Å². The van der Waals surface area contributed by atoms with Gasteiger partial charge in [-0.2, -0.15) is 0 Å². The average molecular weight is 814 g/mol. The molecule has 308 valence electrons. The van der Waals surface area contributed by atoms with Crippen LogP contribution in [0.2, 0.25) is 0 Å². The second-order valence-electron chi connectivity index (χ2n) is 19.5. The van der Waals surface area contributed by atoms with E-state index >= 15 is 0 Å². The first-order valence-electron chi connectivity index (χ1n) is 22.4. The number of hydrogen-bond donors (Lipinski definition) is 0. The Hall–Kier alpha value is -6.96. The van der Waals surface area contributed by atoms with Gasteiger partial charge >= 0.3 is 0 Å². The van der Waals surface area contributed by atoms with Gasteiger partial charge in [0.1, 0.15) is 0 Å². The lowest BCUT2D eigenvalue weighted by molar-refractivity contribution is 0.569. The lowest BCUT2D eigenvalue weighted by Crippen LogP contribution is -2.22. The minimum absolute atomic E-state index is 0.00225. The predicted molar refractivity (Wildman–Crippen MR) is 270 cm³/mol. The Morgan fingerprint density at radius 3 is 1.56 bits per heavy atom. The second-order valence-corrected chi connectivity index (χ2v) is 19.5. The normalized spacial score (nSPS) is 14.7. The van der Waals surface area contributed by atoms with Gasteiger partial charge in [0.15, 0.2) is 0 Å². The highest BCUT2D eigenvalue weighted by Gasteiger charge is 2.42. The molecule has 0 radical (unpaired) electrons. The zero-order valence-corrected chi connectivity index (χ0v) is 37.6. The van der Waals surface area contributed by atoms with Crippen molar-refractivity contribution in [2.75, 3.05) is 4.90 Å². The summed E-state index contributed by atoms with van der Waals surface area (Å²) in [6, 6.07) is 76.8. The topological polar surface area (TPSA) is 3.24 Å². The van der Waals surface area contributed by atoms with Gasteiger partial charge in [0.05, 0.1) is 11.4 Å². The molecule has 1 unspecified atom stereocenters. The Kier molecular flexibility index (Phi) is 9.83. The van der Waals surface area contributed by atoms with E-state index in [0.29, 0.717) is 0 Å². The van der Waals surface area contributed by atoms with Crippen molar-refractivity contribution in [1.82, 2.24) is 0 Å². The monoisotopic (exact) mass is 813 g/mol. The van der Waals surface area contributed by atoms with Gasteiger partial charge in [0, 0.05) is 22.2 Å². The van der Waals surface area contributed by atoms with Gasteiger partial charge in [-0.05, 0) is 114 Å². The summed E-state index contributed by atoms with van der Waals surface area (Å²) >= 11 is 0. The number of fused-ring (bicyclic) bond motifs is 4. The van der Waals surface area contributed by atoms with Crippen molar-refractivity contribution in [3.05, 3.63) is 234 Å². The van der Waals surface area contributed by atoms with E-state index in [-0.39, 0.29) is 16.2 Å². The van der Waals surface area contributed by atoms with Crippen molar-refractivity contribution in [3.63, 3.8) is 0 Å². The standard InChI is InChI=1S/C62H55N/c1-60(2,3)47-39-45(40-48(41-47)61(4,5)6)50-29-18-23-44-24-19-30-52(58(44)50)51-27-15-17-33-56(51)63(49-37-35-43(36-38-49)42-21-10-8-11-22-42)57-34-20-32-55-59(57)53-28-14-16-31-54(53)62(55,7)46-25-12-9-13-26-46/h8-41H,1-7H3. The number of benzene rings is 9. The maximum Gasteiger partial charge on any atom is 0.0543 e. The van der Waals surface area contributed by atoms with E-state index < -0.39 is 0 Å². The minimum Gasteiger partial charge on any atom is -0.309 e. The van der Waals surface area contributed by atoms with Crippen molar-refractivity contribution >= 4 is 27.8 Å². The van der Waals surface area contributed by atoms with Crippen molar-refractivity contribution in [2.24, 2.45) is 0 Å². The Bertz CT molecular complexity index is 3090. The van der Waals surface area contributed by atoms with Crippen LogP contribution in [0.15, 0.2) is 206 Å². The first kappa shape index (κ1) is 40.1. The molecule has 9 aromatic carbocycles. The third kappa shape index (κ3) is 6.97. The molecule has 9 aromatic rings. The van der Waals surface area contributed by atoms with E-state index in [1.807, 2.05) is 0 Å². The molecule has 0 aliphatic heterocycles. The van der Waals surface area contributed by atoms with Crippen LogP contribution in [0.25, 0.3) is 55.3 Å². The molecule has 10 rings (SSSR count). The average Bonchev–Trinajstić information content (AvgIpc) is 3.58. The Labute approximate surface area is 374 Å². The summed E-state index contributed by atoms with van der Waals surface area (Å²) in [5.41, 5.74) is 19.6. The van der Waals surface area contributed by atoms with E-state index in [2.05, 4.69) is 260 Å². The molecule has 0 aromatic heterocycles. The van der Waals surface area contributed by atoms with Crippen LogP contribution < -0.4 is 4.90 Å². The molecule has 0 amide bonds. The smallest absolute Gasteiger partial charge is 0.0543 e. The molecule has 1 aliphatic carbocycles. The molecule has 63 heavy (non-hydrogen) atoms. The molecular weight excluding hydrogens is 759 g/mol. The van der Waals surface area contributed by atoms with Crippen molar-refractivity contribution in [2.45, 2.75) is 64.7 Å². The number of para-hydroxylation sites is 1. The number of anilines is 3. The summed E-state index contributed by atoms with van der Waals surface area (Å²) < 4.78 is 0. The van der Waals surface area contributed by atoms with Gasteiger partial charge in [-0.3, -0.25) is 0 Å². The fraction of sp³-hybridized carbons (Fsp3) is 0.161. The van der Waals surface area contributed by atoms with Gasteiger partial charge in [0.2, 0.25) is 0 Å². The first-order valence-corrected chi connectivity index (χ1v) is 22.4. The van der Waals surface area contributed by atoms with Gasteiger partial charge in [-0.1, -0.05) is 224 Å². The predicted octanol–water partition coefficient (Wildman–Crippen LogP) is 17.2. The lowest BCUT2D eigenvalue weighted by Gasteiger charge is -2.32. The zero-order valence-electron chi connectivity index (χ0n) is 37.6. The Morgan fingerprint density at radius 2 is 0.889 bits per heavy atom. The van der Waals surface area contributed by atoms with E-state index in [9.17, 15) is 0 Å². The lowest BCUT2D eigenvalue weighted by atomic mass is 9.74. The summed E-state index contributed by atoms with van der Waals surface area (Å²) in [6.07, 6.45) is 0. The summed E-state index contributed by atoms with van der Waals surface area (Å²) in [5, 5.41) is 2.49. The maximum atomic E-state index is 2.52. The Morgan fingerprint density at radius 1 is 0.381 bits per heavy atom. The van der Waals surface area contributed by atoms with Gasteiger partial charge in [0.25, 0.3) is 0 Å². The molecular formula is C62H55N. The highest BCUT2D eigenvalue weighted by atomic mass is 15.1. The third-order valence-electron chi connectivity index (χ3n) is 13.5. The molecule has 1 atom stereocenters. The fourth-order valence-corrected chi connectivity index (χ4v) is 9.98. The molecule has 0 saturated carbocycles. The summed E-state index contributed by atoms with van der Waals surface area (Å²) in [7, 11) is 0. The zero-order chi connectivity index (χ0) is 43.5. The molecule has 0 heterocycles. The van der Waals surface area contributed by atoms with Crippen LogP contribution in [0.3, 0.4) is 0 Å². The largest absolute Gasteiger partial charge is 0.309 e. The van der Waals surface area contributed by atoms with Gasteiger partial charge < -0.3 is 4.90 Å². The molecule has 0 bridgehead atoms. The minimum atomic E-state index is -0.330. The van der Waals surface area contributed by atoms with E-state index in [4.69, 9.17) is 0 Å². The highest BCUT2D eigenvalue weighted by Crippen LogP contribution is 2.57. The summed E-state index contributed by atoms with van der Waals surface area (Å²) in [6.45, 7) is 16.4. The number of rotatable bonds is 7. The molecule has 0 fully saturated rings.